The molecule has 0 atom stereocenters. The fraction of sp³-hybridized carbons (Fsp3) is 0. The molecular weight excluding hydrogens is 300 g/mol. The molecule has 4 rings (SSSR count). The van der Waals surface area contributed by atoms with Crippen molar-refractivity contribution in [3.63, 3.8) is 0 Å². The second-order valence-corrected chi connectivity index (χ2v) is 5.51. The highest BCUT2D eigenvalue weighted by atomic mass is 16.3. The number of fused-ring (bicyclic) bond motifs is 1. The van der Waals surface area contributed by atoms with E-state index in [1.54, 1.807) is 18.3 Å². The van der Waals surface area contributed by atoms with Crippen molar-refractivity contribution in [2.75, 3.05) is 0 Å². The summed E-state index contributed by atoms with van der Waals surface area (Å²) in [5.74, 6) is 0.0310. The molecule has 0 bridgehead atoms. The second kappa shape index (κ2) is 5.66. The van der Waals surface area contributed by atoms with Crippen molar-refractivity contribution in [3.05, 3.63) is 84.1 Å². The lowest BCUT2D eigenvalue weighted by atomic mass is 9.99. The number of nitrogens with zero attached hydrogens (tertiary/aromatic N) is 1. The number of hydrogen-bond acceptors (Lipinski definition) is 3. The minimum absolute atomic E-state index is 0.104. The van der Waals surface area contributed by atoms with Crippen molar-refractivity contribution in [2.45, 2.75) is 0 Å². The number of rotatable bonds is 3. The minimum atomic E-state index is -0.104. The van der Waals surface area contributed by atoms with Gasteiger partial charge in [0.1, 0.15) is 5.75 Å². The van der Waals surface area contributed by atoms with Gasteiger partial charge in [-0.05, 0) is 42.5 Å². The number of aromatic amines is 1. The van der Waals surface area contributed by atoms with Crippen molar-refractivity contribution in [1.82, 2.24) is 9.97 Å². The third-order valence-corrected chi connectivity index (χ3v) is 3.98. The van der Waals surface area contributed by atoms with Crippen LogP contribution in [0.15, 0.2) is 72.9 Å². The number of phenolic OH excluding ortho intramolecular Hbond substituents is 1. The van der Waals surface area contributed by atoms with Crippen molar-refractivity contribution in [3.8, 4) is 17.1 Å². The van der Waals surface area contributed by atoms with E-state index in [0.29, 0.717) is 16.8 Å². The number of H-pyrrole nitrogens is 1. The number of pyridine rings is 1. The Morgan fingerprint density at radius 3 is 2.42 bits per heavy atom. The molecule has 0 saturated carbocycles. The number of phenols is 1. The molecule has 0 amide bonds. The molecule has 4 heteroatoms. The first-order valence-electron chi connectivity index (χ1n) is 7.60. The van der Waals surface area contributed by atoms with E-state index in [1.165, 1.54) is 12.1 Å². The summed E-state index contributed by atoms with van der Waals surface area (Å²) in [5.41, 5.74) is 3.43. The number of benzene rings is 2. The van der Waals surface area contributed by atoms with Crippen molar-refractivity contribution in [1.29, 1.82) is 0 Å². The molecule has 2 aromatic carbocycles. The van der Waals surface area contributed by atoms with E-state index < -0.39 is 0 Å². The van der Waals surface area contributed by atoms with Crippen LogP contribution < -0.4 is 0 Å². The van der Waals surface area contributed by atoms with Gasteiger partial charge in [0, 0.05) is 22.7 Å². The van der Waals surface area contributed by atoms with Crippen molar-refractivity contribution in [2.24, 2.45) is 0 Å². The molecule has 4 aromatic rings. The van der Waals surface area contributed by atoms with Gasteiger partial charge in [0.25, 0.3) is 0 Å². The number of nitrogens with one attached hydrogen (secondary N) is 1. The number of carbonyl (C=O) groups is 1. The number of para-hydroxylation sites is 1. The van der Waals surface area contributed by atoms with E-state index in [9.17, 15) is 9.90 Å². The van der Waals surface area contributed by atoms with E-state index in [4.69, 9.17) is 0 Å². The van der Waals surface area contributed by atoms with Crippen LogP contribution in [0, 0.1) is 0 Å². The molecule has 0 radical (unpaired) electrons. The van der Waals surface area contributed by atoms with Crippen LogP contribution in [0.2, 0.25) is 0 Å². The summed E-state index contributed by atoms with van der Waals surface area (Å²) >= 11 is 0. The van der Waals surface area contributed by atoms with E-state index in [2.05, 4.69) is 9.97 Å². The minimum Gasteiger partial charge on any atom is -0.508 e. The van der Waals surface area contributed by atoms with Gasteiger partial charge < -0.3 is 10.1 Å². The van der Waals surface area contributed by atoms with Crippen LogP contribution in [-0.2, 0) is 0 Å². The smallest absolute Gasteiger partial charge is 0.195 e. The van der Waals surface area contributed by atoms with Crippen LogP contribution in [0.1, 0.15) is 15.9 Å². The van der Waals surface area contributed by atoms with E-state index in [-0.39, 0.29) is 11.5 Å². The first-order valence-corrected chi connectivity index (χ1v) is 7.60. The predicted octanol–water partition coefficient (Wildman–Crippen LogP) is 4.17. The fourth-order valence-electron chi connectivity index (χ4n) is 2.84. The Labute approximate surface area is 138 Å². The van der Waals surface area contributed by atoms with Crippen LogP contribution in [0.25, 0.3) is 22.3 Å². The molecule has 0 aliphatic heterocycles. The van der Waals surface area contributed by atoms with Gasteiger partial charge in [-0.3, -0.25) is 9.78 Å². The summed E-state index contributed by atoms with van der Waals surface area (Å²) < 4.78 is 0. The number of aromatic nitrogens is 2. The van der Waals surface area contributed by atoms with Crippen LogP contribution in [-0.4, -0.2) is 20.9 Å². The summed E-state index contributed by atoms with van der Waals surface area (Å²) in [6.45, 7) is 0. The summed E-state index contributed by atoms with van der Waals surface area (Å²) in [4.78, 5) is 20.8. The quantitative estimate of drug-likeness (QED) is 0.558. The van der Waals surface area contributed by atoms with Gasteiger partial charge in [0.2, 0.25) is 0 Å². The molecule has 2 aromatic heterocycles. The van der Waals surface area contributed by atoms with Crippen molar-refractivity contribution >= 4 is 16.7 Å². The maximum atomic E-state index is 13.1. The average Bonchev–Trinajstić information content (AvgIpc) is 3.02. The molecule has 4 nitrogen and oxygen atoms in total. The fourth-order valence-corrected chi connectivity index (χ4v) is 2.84. The van der Waals surface area contributed by atoms with Gasteiger partial charge in [-0.25, -0.2) is 0 Å². The molecule has 116 valence electrons. The summed E-state index contributed by atoms with van der Waals surface area (Å²) in [6.07, 6.45) is 1.70. The lowest BCUT2D eigenvalue weighted by molar-refractivity contribution is 0.104. The monoisotopic (exact) mass is 314 g/mol. The zero-order valence-corrected chi connectivity index (χ0v) is 12.7. The zero-order chi connectivity index (χ0) is 16.5. The van der Waals surface area contributed by atoms with Gasteiger partial charge in [-0.15, -0.1) is 0 Å². The number of hydrogen-bond donors (Lipinski definition) is 2. The first-order chi connectivity index (χ1) is 11.7. The lowest BCUT2D eigenvalue weighted by Crippen LogP contribution is -2.02. The first kappa shape index (κ1) is 14.2. The van der Waals surface area contributed by atoms with Gasteiger partial charge in [-0.2, -0.15) is 0 Å². The van der Waals surface area contributed by atoms with Gasteiger partial charge in [-0.1, -0.05) is 24.3 Å². The Balaban J connectivity index is 1.96. The number of aromatic hydroxyl groups is 1. The molecule has 2 N–H and O–H groups in total. The SMILES string of the molecule is O=C(c1ccc(O)cc1)c1c(-c2ccccn2)[nH]c2ccccc12. The van der Waals surface area contributed by atoms with E-state index in [1.807, 2.05) is 42.5 Å². The molecule has 0 unspecified atom stereocenters. The Hall–Kier alpha value is -3.40. The maximum absolute atomic E-state index is 13.1. The van der Waals surface area contributed by atoms with Crippen LogP contribution >= 0.6 is 0 Å². The third kappa shape index (κ3) is 2.34. The van der Waals surface area contributed by atoms with Crippen LogP contribution in [0.5, 0.6) is 5.75 Å². The average molecular weight is 314 g/mol. The predicted molar refractivity (Wildman–Crippen MR) is 93.1 cm³/mol. The summed E-state index contributed by atoms with van der Waals surface area (Å²) in [6, 6.07) is 19.6. The molecular formula is C20H14N2O2. The Morgan fingerprint density at radius 2 is 1.67 bits per heavy atom. The van der Waals surface area contributed by atoms with E-state index >= 15 is 0 Å². The normalized spacial score (nSPS) is 10.8. The Bertz CT molecular complexity index is 1020. The molecule has 2 heterocycles. The van der Waals surface area contributed by atoms with Crippen LogP contribution in [0.4, 0.5) is 0 Å². The highest BCUT2D eigenvalue weighted by molar-refractivity contribution is 6.20. The largest absolute Gasteiger partial charge is 0.508 e. The Morgan fingerprint density at radius 1 is 0.917 bits per heavy atom. The second-order valence-electron chi connectivity index (χ2n) is 5.51. The molecule has 0 fully saturated rings. The van der Waals surface area contributed by atoms with Gasteiger partial charge >= 0.3 is 0 Å². The summed E-state index contributed by atoms with van der Waals surface area (Å²) in [5, 5.41) is 10.3. The maximum Gasteiger partial charge on any atom is 0.195 e. The highest BCUT2D eigenvalue weighted by Gasteiger charge is 2.21. The van der Waals surface area contributed by atoms with Gasteiger partial charge in [0.15, 0.2) is 5.78 Å². The topological polar surface area (TPSA) is 66.0 Å². The number of carbonyl (C=O) groups excluding carboxylic acids is 1. The lowest BCUT2D eigenvalue weighted by Gasteiger charge is -2.04. The Kier molecular flexibility index (Phi) is 3.35. The van der Waals surface area contributed by atoms with Crippen molar-refractivity contribution < 1.29 is 9.90 Å². The molecule has 0 aliphatic rings. The third-order valence-electron chi connectivity index (χ3n) is 3.98. The highest BCUT2D eigenvalue weighted by Crippen LogP contribution is 2.31. The zero-order valence-electron chi connectivity index (χ0n) is 12.7. The molecule has 0 aliphatic carbocycles. The van der Waals surface area contributed by atoms with E-state index in [0.717, 1.165) is 16.6 Å². The van der Waals surface area contributed by atoms with Crippen LogP contribution in [0.3, 0.4) is 0 Å². The molecule has 24 heavy (non-hydrogen) atoms. The molecule has 0 spiro atoms. The molecule has 0 saturated heterocycles. The van der Waals surface area contributed by atoms with Gasteiger partial charge in [0.05, 0.1) is 17.0 Å². The standard InChI is InChI=1S/C20H14N2O2/c23-14-10-8-13(9-11-14)20(24)18-15-5-1-2-6-16(15)22-19(18)17-7-3-4-12-21-17/h1-12,22-23H. The summed E-state index contributed by atoms with van der Waals surface area (Å²) in [7, 11) is 0. The number of ketones is 1.